The molecule has 15 heavy (non-hydrogen) atoms. The highest BCUT2D eigenvalue weighted by molar-refractivity contribution is 6.18. The van der Waals surface area contributed by atoms with E-state index in [1.807, 2.05) is 13.0 Å². The van der Waals surface area contributed by atoms with Gasteiger partial charge in [0.1, 0.15) is 17.9 Å². The normalized spacial score (nSPS) is 10.0. The lowest BCUT2D eigenvalue weighted by atomic mass is 10.1. The van der Waals surface area contributed by atoms with Crippen LogP contribution in [0.2, 0.25) is 0 Å². The smallest absolute Gasteiger partial charge is 0.339 e. The maximum absolute atomic E-state index is 10.9. The Kier molecular flexibility index (Phi) is 4.43. The molecule has 1 aromatic rings. The van der Waals surface area contributed by atoms with Crippen molar-refractivity contribution >= 4 is 17.6 Å². The number of aryl methyl sites for hydroxylation is 1. The average molecular weight is 229 g/mol. The lowest BCUT2D eigenvalue weighted by Crippen LogP contribution is -2.05. The van der Waals surface area contributed by atoms with Crippen molar-refractivity contribution in [2.24, 2.45) is 0 Å². The zero-order chi connectivity index (χ0) is 11.3. The van der Waals surface area contributed by atoms with Crippen molar-refractivity contribution in [2.45, 2.75) is 13.3 Å². The van der Waals surface area contributed by atoms with E-state index in [0.29, 0.717) is 18.2 Å². The molecule has 0 amide bonds. The van der Waals surface area contributed by atoms with E-state index >= 15 is 0 Å². The quantitative estimate of drug-likeness (QED) is 0.788. The summed E-state index contributed by atoms with van der Waals surface area (Å²) in [6, 6.07) is 5.16. The minimum absolute atomic E-state index is 0.194. The molecule has 0 atom stereocenters. The van der Waals surface area contributed by atoms with Gasteiger partial charge in [0.05, 0.1) is 5.88 Å². The fourth-order valence-electron chi connectivity index (χ4n) is 1.24. The first-order valence-electron chi connectivity index (χ1n) is 4.74. The van der Waals surface area contributed by atoms with Crippen LogP contribution >= 0.6 is 11.6 Å². The van der Waals surface area contributed by atoms with Crippen molar-refractivity contribution in [2.75, 3.05) is 12.5 Å². The number of aromatic carboxylic acids is 1. The maximum atomic E-state index is 10.9. The second-order valence-corrected chi connectivity index (χ2v) is 3.40. The van der Waals surface area contributed by atoms with E-state index in [1.54, 1.807) is 12.1 Å². The zero-order valence-corrected chi connectivity index (χ0v) is 9.25. The lowest BCUT2D eigenvalue weighted by Gasteiger charge is -2.08. The van der Waals surface area contributed by atoms with Gasteiger partial charge in [0.25, 0.3) is 0 Å². The van der Waals surface area contributed by atoms with Crippen LogP contribution in [0.25, 0.3) is 0 Å². The molecule has 1 aromatic carbocycles. The van der Waals surface area contributed by atoms with Gasteiger partial charge in [-0.15, -0.1) is 11.6 Å². The summed E-state index contributed by atoms with van der Waals surface area (Å²) in [6.07, 6.45) is 0.802. The zero-order valence-electron chi connectivity index (χ0n) is 8.50. The second-order valence-electron chi connectivity index (χ2n) is 3.03. The number of ether oxygens (including phenoxy) is 1. The highest BCUT2D eigenvalue weighted by atomic mass is 35.5. The molecular weight excluding hydrogens is 216 g/mol. The van der Waals surface area contributed by atoms with Crippen molar-refractivity contribution < 1.29 is 14.6 Å². The molecule has 0 bridgehead atoms. The van der Waals surface area contributed by atoms with Crippen molar-refractivity contribution in [3.8, 4) is 5.75 Å². The van der Waals surface area contributed by atoms with Crippen LogP contribution in [-0.4, -0.2) is 23.6 Å². The molecule has 1 N–H and O–H groups in total. The minimum Gasteiger partial charge on any atom is -0.491 e. The Balaban J connectivity index is 2.98. The number of carboxylic acids is 1. The van der Waals surface area contributed by atoms with Crippen LogP contribution in [0, 0.1) is 0 Å². The second kappa shape index (κ2) is 5.61. The summed E-state index contributed by atoms with van der Waals surface area (Å²) >= 11 is 5.47. The minimum atomic E-state index is -0.977. The Morgan fingerprint density at radius 3 is 2.80 bits per heavy atom. The van der Waals surface area contributed by atoms with Gasteiger partial charge in [-0.25, -0.2) is 4.79 Å². The molecule has 0 heterocycles. The Morgan fingerprint density at radius 2 is 2.27 bits per heavy atom. The summed E-state index contributed by atoms with van der Waals surface area (Å²) in [5, 5.41) is 8.97. The monoisotopic (exact) mass is 228 g/mol. The van der Waals surface area contributed by atoms with Crippen molar-refractivity contribution in [1.82, 2.24) is 0 Å². The van der Waals surface area contributed by atoms with E-state index in [-0.39, 0.29) is 5.56 Å². The van der Waals surface area contributed by atoms with Gasteiger partial charge in [0.15, 0.2) is 0 Å². The van der Waals surface area contributed by atoms with E-state index in [9.17, 15) is 4.79 Å². The van der Waals surface area contributed by atoms with Gasteiger partial charge in [0, 0.05) is 0 Å². The van der Waals surface area contributed by atoms with E-state index in [4.69, 9.17) is 21.4 Å². The Morgan fingerprint density at radius 1 is 1.53 bits per heavy atom. The predicted octanol–water partition coefficient (Wildman–Crippen LogP) is 2.56. The van der Waals surface area contributed by atoms with Gasteiger partial charge in [0.2, 0.25) is 0 Å². The predicted molar refractivity (Wildman–Crippen MR) is 59.0 cm³/mol. The van der Waals surface area contributed by atoms with Crippen LogP contribution in [0.5, 0.6) is 5.75 Å². The molecule has 0 unspecified atom stereocenters. The van der Waals surface area contributed by atoms with Crippen LogP contribution < -0.4 is 4.74 Å². The maximum Gasteiger partial charge on any atom is 0.339 e. The third-order valence-electron chi connectivity index (χ3n) is 2.02. The van der Waals surface area contributed by atoms with Crippen LogP contribution in [-0.2, 0) is 6.42 Å². The van der Waals surface area contributed by atoms with E-state index < -0.39 is 5.97 Å². The van der Waals surface area contributed by atoms with Gasteiger partial charge in [-0.2, -0.15) is 0 Å². The molecule has 0 aliphatic heterocycles. The van der Waals surface area contributed by atoms with E-state index in [1.165, 1.54) is 0 Å². The standard InChI is InChI=1S/C11H13ClO3/c1-2-8-3-4-10(15-6-5-12)9(7-8)11(13)14/h3-4,7H,2,5-6H2,1H3,(H,13,14). The molecule has 0 fully saturated rings. The highest BCUT2D eigenvalue weighted by Crippen LogP contribution is 2.20. The molecule has 3 nitrogen and oxygen atoms in total. The van der Waals surface area contributed by atoms with Crippen LogP contribution in [0.1, 0.15) is 22.8 Å². The molecule has 1 rings (SSSR count). The topological polar surface area (TPSA) is 46.5 Å². The lowest BCUT2D eigenvalue weighted by molar-refractivity contribution is 0.0692. The summed E-state index contributed by atoms with van der Waals surface area (Å²) in [5.74, 6) is -0.260. The molecule has 0 radical (unpaired) electrons. The number of halogens is 1. The first-order valence-corrected chi connectivity index (χ1v) is 5.27. The molecule has 0 aromatic heterocycles. The summed E-state index contributed by atoms with van der Waals surface area (Å²) < 4.78 is 5.23. The molecule has 82 valence electrons. The van der Waals surface area contributed by atoms with Gasteiger partial charge in [-0.05, 0) is 24.1 Å². The van der Waals surface area contributed by atoms with Gasteiger partial charge < -0.3 is 9.84 Å². The van der Waals surface area contributed by atoms with Gasteiger partial charge in [-0.3, -0.25) is 0 Å². The Labute approximate surface area is 93.6 Å². The molecule has 0 spiro atoms. The molecule has 0 saturated heterocycles. The van der Waals surface area contributed by atoms with Crippen LogP contribution in [0.3, 0.4) is 0 Å². The Hall–Kier alpha value is -1.22. The number of alkyl halides is 1. The fraction of sp³-hybridized carbons (Fsp3) is 0.364. The summed E-state index contributed by atoms with van der Waals surface area (Å²) in [6.45, 7) is 2.29. The first-order chi connectivity index (χ1) is 7.19. The molecule has 4 heteroatoms. The third-order valence-corrected chi connectivity index (χ3v) is 2.17. The van der Waals surface area contributed by atoms with Crippen molar-refractivity contribution in [3.05, 3.63) is 29.3 Å². The number of carbonyl (C=O) groups is 1. The summed E-state index contributed by atoms with van der Waals surface area (Å²) in [5.41, 5.74) is 1.17. The van der Waals surface area contributed by atoms with E-state index in [0.717, 1.165) is 12.0 Å². The summed E-state index contributed by atoms with van der Waals surface area (Å²) in [4.78, 5) is 10.9. The Bertz CT molecular complexity index is 350. The molecule has 0 aliphatic carbocycles. The molecule has 0 saturated carbocycles. The fourth-order valence-corrected chi connectivity index (χ4v) is 1.32. The van der Waals surface area contributed by atoms with Crippen molar-refractivity contribution in [3.63, 3.8) is 0 Å². The number of hydrogen-bond acceptors (Lipinski definition) is 2. The molecule has 0 aliphatic rings. The number of rotatable bonds is 5. The summed E-state index contributed by atoms with van der Waals surface area (Å²) in [7, 11) is 0. The number of carboxylic acid groups (broad SMARTS) is 1. The number of hydrogen-bond donors (Lipinski definition) is 1. The first kappa shape index (κ1) is 11.9. The van der Waals surface area contributed by atoms with E-state index in [2.05, 4.69) is 0 Å². The SMILES string of the molecule is CCc1ccc(OCCCl)c(C(=O)O)c1. The number of benzene rings is 1. The third kappa shape index (κ3) is 3.13. The van der Waals surface area contributed by atoms with Crippen molar-refractivity contribution in [1.29, 1.82) is 0 Å². The molecular formula is C11H13ClO3. The van der Waals surface area contributed by atoms with Gasteiger partial charge >= 0.3 is 5.97 Å². The van der Waals surface area contributed by atoms with Gasteiger partial charge in [-0.1, -0.05) is 13.0 Å². The largest absolute Gasteiger partial charge is 0.491 e. The van der Waals surface area contributed by atoms with Crippen LogP contribution in [0.15, 0.2) is 18.2 Å². The highest BCUT2D eigenvalue weighted by Gasteiger charge is 2.11. The average Bonchev–Trinajstić information content (AvgIpc) is 2.26. The van der Waals surface area contributed by atoms with Crippen LogP contribution in [0.4, 0.5) is 0 Å².